The third-order valence-corrected chi connectivity index (χ3v) is 4.19. The molecule has 1 fully saturated rings. The summed E-state index contributed by atoms with van der Waals surface area (Å²) in [6.07, 6.45) is 0. The second kappa shape index (κ2) is 6.16. The Bertz CT molecular complexity index is 507. The third-order valence-electron chi connectivity index (χ3n) is 3.25. The summed E-state index contributed by atoms with van der Waals surface area (Å²) in [5, 5.41) is 12.1. The van der Waals surface area contributed by atoms with E-state index in [2.05, 4.69) is 32.6 Å². The van der Waals surface area contributed by atoms with Crippen LogP contribution < -0.4 is 0 Å². The van der Waals surface area contributed by atoms with Gasteiger partial charge in [0, 0.05) is 24.6 Å². The van der Waals surface area contributed by atoms with Crippen molar-refractivity contribution in [3.05, 3.63) is 41.7 Å². The first-order valence-corrected chi connectivity index (χ1v) is 7.66. The Hall–Kier alpha value is -1.40. The normalized spacial score (nSPS) is 16.6. The number of tetrazole rings is 1. The summed E-state index contributed by atoms with van der Waals surface area (Å²) in [6, 6.07) is 10.3. The van der Waals surface area contributed by atoms with Crippen LogP contribution >= 0.6 is 11.8 Å². The molecule has 0 radical (unpaired) electrons. The van der Waals surface area contributed by atoms with Crippen LogP contribution in [0.25, 0.3) is 0 Å². The van der Waals surface area contributed by atoms with Gasteiger partial charge in [-0.05, 0) is 16.0 Å². The molecule has 0 saturated carbocycles. The lowest BCUT2D eigenvalue weighted by molar-refractivity contribution is 0.281. The monoisotopic (exact) mass is 275 g/mol. The highest BCUT2D eigenvalue weighted by Crippen LogP contribution is 2.12. The van der Waals surface area contributed by atoms with Gasteiger partial charge in [-0.1, -0.05) is 30.3 Å². The maximum Gasteiger partial charge on any atom is 0.165 e. The molecule has 100 valence electrons. The molecule has 2 heterocycles. The second-order valence-corrected chi connectivity index (χ2v) is 5.85. The average molecular weight is 275 g/mol. The van der Waals surface area contributed by atoms with Crippen LogP contribution in [0.3, 0.4) is 0 Å². The highest BCUT2D eigenvalue weighted by atomic mass is 32.2. The van der Waals surface area contributed by atoms with E-state index in [1.54, 1.807) is 0 Å². The molecule has 19 heavy (non-hydrogen) atoms. The number of benzene rings is 1. The first-order valence-electron chi connectivity index (χ1n) is 6.51. The number of aromatic nitrogens is 4. The van der Waals surface area contributed by atoms with E-state index in [-0.39, 0.29) is 0 Å². The van der Waals surface area contributed by atoms with Crippen molar-refractivity contribution >= 4 is 11.8 Å². The van der Waals surface area contributed by atoms with Crippen molar-refractivity contribution in [1.82, 2.24) is 25.1 Å². The van der Waals surface area contributed by atoms with E-state index in [1.165, 1.54) is 17.1 Å². The molecular formula is C13H17N5S. The Morgan fingerprint density at radius 2 is 1.84 bits per heavy atom. The number of hydrogen-bond donors (Lipinski definition) is 0. The molecule has 0 bridgehead atoms. The largest absolute Gasteiger partial charge is 0.294 e. The predicted octanol–water partition coefficient (Wildman–Crippen LogP) is 1.27. The molecule has 1 aliphatic rings. The fourth-order valence-corrected chi connectivity index (χ4v) is 3.15. The van der Waals surface area contributed by atoms with Gasteiger partial charge in [0.05, 0.1) is 13.1 Å². The molecule has 5 nitrogen and oxygen atoms in total. The summed E-state index contributed by atoms with van der Waals surface area (Å²) in [5.74, 6) is 3.37. The summed E-state index contributed by atoms with van der Waals surface area (Å²) in [7, 11) is 0. The molecule has 2 aromatic rings. The minimum atomic E-state index is 0.742. The van der Waals surface area contributed by atoms with E-state index in [0.717, 1.165) is 32.0 Å². The van der Waals surface area contributed by atoms with Crippen molar-refractivity contribution < 1.29 is 0 Å². The van der Waals surface area contributed by atoms with Crippen LogP contribution in [0, 0.1) is 0 Å². The zero-order valence-electron chi connectivity index (χ0n) is 10.8. The lowest BCUT2D eigenvalue weighted by atomic mass is 10.2. The molecule has 1 aromatic carbocycles. The molecule has 1 saturated heterocycles. The van der Waals surface area contributed by atoms with Crippen molar-refractivity contribution in [2.45, 2.75) is 13.1 Å². The molecule has 0 atom stereocenters. The van der Waals surface area contributed by atoms with E-state index >= 15 is 0 Å². The average Bonchev–Trinajstić information content (AvgIpc) is 2.88. The molecule has 1 aromatic heterocycles. The van der Waals surface area contributed by atoms with Crippen LogP contribution in [-0.4, -0.2) is 49.7 Å². The maximum atomic E-state index is 4.16. The van der Waals surface area contributed by atoms with Gasteiger partial charge in [0.25, 0.3) is 0 Å². The van der Waals surface area contributed by atoms with Gasteiger partial charge in [-0.2, -0.15) is 11.8 Å². The van der Waals surface area contributed by atoms with E-state index in [0.29, 0.717) is 0 Å². The molecule has 0 amide bonds. The molecule has 0 spiro atoms. The predicted molar refractivity (Wildman–Crippen MR) is 76.0 cm³/mol. The van der Waals surface area contributed by atoms with Gasteiger partial charge in [0.1, 0.15) is 0 Å². The first kappa shape index (κ1) is 12.6. The van der Waals surface area contributed by atoms with Gasteiger partial charge in [-0.3, -0.25) is 4.90 Å². The van der Waals surface area contributed by atoms with Crippen molar-refractivity contribution in [3.63, 3.8) is 0 Å². The summed E-state index contributed by atoms with van der Waals surface area (Å²) >= 11 is 2.02. The van der Waals surface area contributed by atoms with Gasteiger partial charge in [0.15, 0.2) is 5.82 Å². The Labute approximate surface area is 117 Å². The quantitative estimate of drug-likeness (QED) is 0.841. The SMILES string of the molecule is c1ccc(Cn2nnnc2CN2CCSCC2)cc1. The van der Waals surface area contributed by atoms with Crippen LogP contribution in [-0.2, 0) is 13.1 Å². The summed E-state index contributed by atoms with van der Waals surface area (Å²) < 4.78 is 1.90. The van der Waals surface area contributed by atoms with Gasteiger partial charge < -0.3 is 0 Å². The number of rotatable bonds is 4. The number of nitrogens with zero attached hydrogens (tertiary/aromatic N) is 5. The molecule has 1 aliphatic heterocycles. The van der Waals surface area contributed by atoms with Crippen LogP contribution in [0.1, 0.15) is 11.4 Å². The number of hydrogen-bond acceptors (Lipinski definition) is 5. The minimum absolute atomic E-state index is 0.742. The van der Waals surface area contributed by atoms with Crippen LogP contribution in [0.4, 0.5) is 0 Å². The highest BCUT2D eigenvalue weighted by molar-refractivity contribution is 7.99. The highest BCUT2D eigenvalue weighted by Gasteiger charge is 2.15. The van der Waals surface area contributed by atoms with Crippen molar-refractivity contribution in [2.75, 3.05) is 24.6 Å². The molecule has 0 N–H and O–H groups in total. The zero-order valence-corrected chi connectivity index (χ0v) is 11.6. The Morgan fingerprint density at radius 1 is 1.05 bits per heavy atom. The maximum absolute atomic E-state index is 4.16. The summed E-state index contributed by atoms with van der Waals surface area (Å²) in [6.45, 7) is 3.85. The Balaban J connectivity index is 1.68. The van der Waals surface area contributed by atoms with Gasteiger partial charge in [-0.25, -0.2) is 4.68 Å². The third kappa shape index (κ3) is 3.33. The van der Waals surface area contributed by atoms with E-state index in [4.69, 9.17) is 0 Å². The summed E-state index contributed by atoms with van der Waals surface area (Å²) in [4.78, 5) is 2.42. The molecule has 3 rings (SSSR count). The zero-order chi connectivity index (χ0) is 12.9. The summed E-state index contributed by atoms with van der Waals surface area (Å²) in [5.41, 5.74) is 1.23. The van der Waals surface area contributed by atoms with Crippen LogP contribution in [0.5, 0.6) is 0 Å². The minimum Gasteiger partial charge on any atom is -0.294 e. The molecule has 6 heteroatoms. The molecular weight excluding hydrogens is 258 g/mol. The van der Waals surface area contributed by atoms with Crippen LogP contribution in [0.15, 0.2) is 30.3 Å². The second-order valence-electron chi connectivity index (χ2n) is 4.63. The van der Waals surface area contributed by atoms with Gasteiger partial charge in [0.2, 0.25) is 0 Å². The first-order chi connectivity index (χ1) is 9.42. The van der Waals surface area contributed by atoms with E-state index < -0.39 is 0 Å². The molecule has 0 aliphatic carbocycles. The van der Waals surface area contributed by atoms with Crippen molar-refractivity contribution in [2.24, 2.45) is 0 Å². The van der Waals surface area contributed by atoms with E-state index in [9.17, 15) is 0 Å². The Morgan fingerprint density at radius 3 is 2.63 bits per heavy atom. The van der Waals surface area contributed by atoms with Gasteiger partial charge >= 0.3 is 0 Å². The van der Waals surface area contributed by atoms with Crippen molar-refractivity contribution in [1.29, 1.82) is 0 Å². The molecule has 0 unspecified atom stereocenters. The van der Waals surface area contributed by atoms with Crippen molar-refractivity contribution in [3.8, 4) is 0 Å². The lowest BCUT2D eigenvalue weighted by Gasteiger charge is -2.25. The van der Waals surface area contributed by atoms with E-state index in [1.807, 2.05) is 34.6 Å². The lowest BCUT2D eigenvalue weighted by Crippen LogP contribution is -2.33. The topological polar surface area (TPSA) is 46.8 Å². The number of thioether (sulfide) groups is 1. The Kier molecular flexibility index (Phi) is 4.10. The smallest absolute Gasteiger partial charge is 0.165 e. The standard InChI is InChI=1S/C13H17N5S/c1-2-4-12(5-3-1)10-18-13(14-15-16-18)11-17-6-8-19-9-7-17/h1-5H,6-11H2. The van der Waals surface area contributed by atoms with Gasteiger partial charge in [-0.15, -0.1) is 5.10 Å². The van der Waals surface area contributed by atoms with Crippen LogP contribution in [0.2, 0.25) is 0 Å². The fourth-order valence-electron chi connectivity index (χ4n) is 2.17. The fraction of sp³-hybridized carbons (Fsp3) is 0.462.